The van der Waals surface area contributed by atoms with E-state index in [-0.39, 0.29) is 0 Å². The molecule has 1 N–H and O–H groups in total. The summed E-state index contributed by atoms with van der Waals surface area (Å²) in [5.74, 6) is 0. The quantitative estimate of drug-likeness (QED) is 0.651. The Labute approximate surface area is 106 Å². The lowest BCUT2D eigenvalue weighted by Crippen LogP contribution is -2.19. The first-order valence-corrected chi connectivity index (χ1v) is 6.98. The van der Waals surface area contributed by atoms with E-state index in [4.69, 9.17) is 0 Å². The lowest BCUT2D eigenvalue weighted by Gasteiger charge is -2.13. The van der Waals surface area contributed by atoms with Crippen molar-refractivity contribution in [1.29, 1.82) is 0 Å². The second kappa shape index (κ2) is 9.17. The van der Waals surface area contributed by atoms with E-state index in [9.17, 15) is 0 Å². The van der Waals surface area contributed by atoms with Gasteiger partial charge in [0.2, 0.25) is 0 Å². The Kier molecular flexibility index (Phi) is 7.65. The van der Waals surface area contributed by atoms with Crippen molar-refractivity contribution >= 4 is 0 Å². The Morgan fingerprint density at radius 3 is 2.41 bits per heavy atom. The molecule has 0 aliphatic carbocycles. The van der Waals surface area contributed by atoms with Crippen LogP contribution in [0, 0.1) is 0 Å². The van der Waals surface area contributed by atoms with Crippen LogP contribution in [0.3, 0.4) is 0 Å². The number of rotatable bonds is 9. The molecule has 0 aliphatic rings. The maximum Gasteiger partial charge on any atom is 0.0292 e. The highest BCUT2D eigenvalue weighted by atomic mass is 14.9. The molecule has 2 nitrogen and oxygen atoms in total. The Bertz CT molecular complexity index is 272. The van der Waals surface area contributed by atoms with E-state index < -0.39 is 0 Å². The van der Waals surface area contributed by atoms with E-state index >= 15 is 0 Å². The van der Waals surface area contributed by atoms with Gasteiger partial charge in [-0.3, -0.25) is 4.98 Å². The van der Waals surface area contributed by atoms with E-state index in [0.717, 1.165) is 6.54 Å². The molecule has 1 atom stereocenters. The lowest BCUT2D eigenvalue weighted by molar-refractivity contribution is 0.527. The van der Waals surface area contributed by atoms with Gasteiger partial charge in [0, 0.05) is 18.4 Å². The molecule has 2 heteroatoms. The molecule has 0 radical (unpaired) electrons. The normalized spacial score (nSPS) is 12.6. The molecule has 1 rings (SSSR count). The predicted molar refractivity (Wildman–Crippen MR) is 74.0 cm³/mol. The molecule has 0 fully saturated rings. The van der Waals surface area contributed by atoms with Crippen molar-refractivity contribution < 1.29 is 0 Å². The van der Waals surface area contributed by atoms with Gasteiger partial charge in [0.25, 0.3) is 0 Å². The van der Waals surface area contributed by atoms with Crippen LogP contribution in [-0.4, -0.2) is 11.5 Å². The van der Waals surface area contributed by atoms with Crippen molar-refractivity contribution in [2.24, 2.45) is 0 Å². The number of hydrogen-bond acceptors (Lipinski definition) is 2. The lowest BCUT2D eigenvalue weighted by atomic mass is 10.1. The Morgan fingerprint density at radius 2 is 1.71 bits per heavy atom. The molecule has 0 aromatic carbocycles. The predicted octanol–water partition coefficient (Wildman–Crippen LogP) is 4.09. The van der Waals surface area contributed by atoms with Gasteiger partial charge in [0.15, 0.2) is 0 Å². The van der Waals surface area contributed by atoms with Gasteiger partial charge in [0.1, 0.15) is 0 Å². The summed E-state index contributed by atoms with van der Waals surface area (Å²) >= 11 is 0. The molecule has 0 saturated heterocycles. The highest BCUT2D eigenvalue weighted by Crippen LogP contribution is 2.10. The van der Waals surface area contributed by atoms with Crippen LogP contribution in [-0.2, 0) is 0 Å². The van der Waals surface area contributed by atoms with Crippen molar-refractivity contribution in [3.05, 3.63) is 30.1 Å². The van der Waals surface area contributed by atoms with Gasteiger partial charge in [-0.05, 0) is 37.6 Å². The molecule has 96 valence electrons. The molecule has 0 unspecified atom stereocenters. The molecule has 0 aliphatic heterocycles. The largest absolute Gasteiger partial charge is 0.310 e. The van der Waals surface area contributed by atoms with Gasteiger partial charge in [-0.15, -0.1) is 0 Å². The fraction of sp³-hybridized carbons (Fsp3) is 0.667. The number of hydrogen-bond donors (Lipinski definition) is 1. The zero-order chi connectivity index (χ0) is 12.3. The summed E-state index contributed by atoms with van der Waals surface area (Å²) in [4.78, 5) is 4.04. The number of aromatic nitrogens is 1. The summed E-state index contributed by atoms with van der Waals surface area (Å²) in [7, 11) is 0. The second-order valence-corrected chi connectivity index (χ2v) is 4.72. The van der Waals surface area contributed by atoms with Crippen LogP contribution >= 0.6 is 0 Å². The molecule has 0 amide bonds. The fourth-order valence-electron chi connectivity index (χ4n) is 1.99. The van der Waals surface area contributed by atoms with Crippen molar-refractivity contribution in [3.8, 4) is 0 Å². The molecule has 17 heavy (non-hydrogen) atoms. The van der Waals surface area contributed by atoms with Crippen molar-refractivity contribution in [1.82, 2.24) is 10.3 Å². The van der Waals surface area contributed by atoms with Gasteiger partial charge < -0.3 is 5.32 Å². The minimum absolute atomic E-state index is 0.439. The Balaban J connectivity index is 2.03. The zero-order valence-electron chi connectivity index (χ0n) is 11.3. The van der Waals surface area contributed by atoms with Crippen LogP contribution in [0.4, 0.5) is 0 Å². The summed E-state index contributed by atoms with van der Waals surface area (Å²) < 4.78 is 0. The molecule has 0 saturated carbocycles. The van der Waals surface area contributed by atoms with E-state index in [1.807, 2.05) is 12.4 Å². The van der Waals surface area contributed by atoms with Crippen LogP contribution in [0.15, 0.2) is 24.5 Å². The van der Waals surface area contributed by atoms with E-state index in [0.29, 0.717) is 6.04 Å². The van der Waals surface area contributed by atoms with E-state index in [1.165, 1.54) is 44.1 Å². The first-order chi connectivity index (χ1) is 8.34. The molecule has 1 aromatic heterocycles. The topological polar surface area (TPSA) is 24.9 Å². The molecular formula is C15H26N2. The SMILES string of the molecule is CCCCCCCCN[C@H](C)c1ccncc1. The standard InChI is InChI=1S/C15H26N2/c1-3-4-5-6-7-8-11-17-14(2)15-9-12-16-13-10-15/h9-10,12-14,17H,3-8,11H2,1-2H3/t14-/m1/s1. The molecular weight excluding hydrogens is 208 g/mol. The summed E-state index contributed by atoms with van der Waals surface area (Å²) in [5.41, 5.74) is 1.32. The average molecular weight is 234 g/mol. The third-order valence-corrected chi connectivity index (χ3v) is 3.19. The van der Waals surface area contributed by atoms with Gasteiger partial charge in [-0.25, -0.2) is 0 Å². The Hall–Kier alpha value is -0.890. The highest BCUT2D eigenvalue weighted by molar-refractivity contribution is 5.13. The zero-order valence-corrected chi connectivity index (χ0v) is 11.3. The maximum absolute atomic E-state index is 4.04. The number of pyridine rings is 1. The first-order valence-electron chi connectivity index (χ1n) is 6.98. The summed E-state index contributed by atoms with van der Waals surface area (Å²) in [6, 6.07) is 4.60. The average Bonchev–Trinajstić information content (AvgIpc) is 2.38. The van der Waals surface area contributed by atoms with Crippen molar-refractivity contribution in [2.45, 2.75) is 58.4 Å². The van der Waals surface area contributed by atoms with Crippen molar-refractivity contribution in [2.75, 3.05) is 6.54 Å². The minimum atomic E-state index is 0.439. The minimum Gasteiger partial charge on any atom is -0.310 e. The summed E-state index contributed by atoms with van der Waals surface area (Å²) in [5, 5.41) is 3.56. The smallest absolute Gasteiger partial charge is 0.0292 e. The molecule has 0 bridgehead atoms. The monoisotopic (exact) mass is 234 g/mol. The van der Waals surface area contributed by atoms with Crippen molar-refractivity contribution in [3.63, 3.8) is 0 Å². The van der Waals surface area contributed by atoms with Gasteiger partial charge in [0.05, 0.1) is 0 Å². The van der Waals surface area contributed by atoms with E-state index in [2.05, 4.69) is 36.3 Å². The number of unbranched alkanes of at least 4 members (excludes halogenated alkanes) is 5. The van der Waals surface area contributed by atoms with Crippen LogP contribution < -0.4 is 5.32 Å². The van der Waals surface area contributed by atoms with Gasteiger partial charge in [-0.2, -0.15) is 0 Å². The summed E-state index contributed by atoms with van der Waals surface area (Å²) in [6.45, 7) is 5.60. The molecule has 1 aromatic rings. The summed E-state index contributed by atoms with van der Waals surface area (Å²) in [6.07, 6.45) is 11.9. The van der Waals surface area contributed by atoms with Crippen LogP contribution in [0.2, 0.25) is 0 Å². The van der Waals surface area contributed by atoms with Crippen LogP contribution in [0.5, 0.6) is 0 Å². The Morgan fingerprint density at radius 1 is 1.06 bits per heavy atom. The van der Waals surface area contributed by atoms with Crippen LogP contribution in [0.25, 0.3) is 0 Å². The number of nitrogens with zero attached hydrogens (tertiary/aromatic N) is 1. The molecule has 1 heterocycles. The van der Waals surface area contributed by atoms with Gasteiger partial charge >= 0.3 is 0 Å². The third kappa shape index (κ3) is 6.42. The molecule has 0 spiro atoms. The highest BCUT2D eigenvalue weighted by Gasteiger charge is 2.02. The van der Waals surface area contributed by atoms with E-state index in [1.54, 1.807) is 0 Å². The number of nitrogens with one attached hydrogen (secondary N) is 1. The van der Waals surface area contributed by atoms with Crippen LogP contribution in [0.1, 0.15) is 64.0 Å². The second-order valence-electron chi connectivity index (χ2n) is 4.72. The fourth-order valence-corrected chi connectivity index (χ4v) is 1.99. The first kappa shape index (κ1) is 14.2. The third-order valence-electron chi connectivity index (χ3n) is 3.19. The maximum atomic E-state index is 4.04. The van der Waals surface area contributed by atoms with Gasteiger partial charge in [-0.1, -0.05) is 39.0 Å².